The summed E-state index contributed by atoms with van der Waals surface area (Å²) in [4.78, 5) is 11.9. The molecule has 21 heavy (non-hydrogen) atoms. The van der Waals surface area contributed by atoms with E-state index in [0.29, 0.717) is 6.54 Å². The van der Waals surface area contributed by atoms with Gasteiger partial charge in [-0.3, -0.25) is 4.79 Å². The van der Waals surface area contributed by atoms with Crippen molar-refractivity contribution in [1.82, 2.24) is 5.32 Å². The summed E-state index contributed by atoms with van der Waals surface area (Å²) in [6.45, 7) is 5.23. The summed E-state index contributed by atoms with van der Waals surface area (Å²) in [5, 5.41) is 6.11. The van der Waals surface area contributed by atoms with Crippen molar-refractivity contribution in [2.75, 3.05) is 18.4 Å². The monoisotopic (exact) mass is 282 g/mol. The van der Waals surface area contributed by atoms with Crippen LogP contribution in [0, 0.1) is 13.8 Å². The molecule has 2 aromatic carbocycles. The summed E-state index contributed by atoms with van der Waals surface area (Å²) in [6, 6.07) is 16.1. The molecular weight excluding hydrogens is 260 g/mol. The highest BCUT2D eigenvalue weighted by Crippen LogP contribution is 2.12. The zero-order valence-corrected chi connectivity index (χ0v) is 12.6. The third-order valence-electron chi connectivity index (χ3n) is 3.54. The van der Waals surface area contributed by atoms with Crippen molar-refractivity contribution in [3.05, 3.63) is 65.2 Å². The minimum Gasteiger partial charge on any atom is -0.325 e. The number of carbonyl (C=O) groups excluding carboxylic acids is 1. The second kappa shape index (κ2) is 7.60. The van der Waals surface area contributed by atoms with Crippen molar-refractivity contribution in [1.29, 1.82) is 0 Å². The number of hydrogen-bond acceptors (Lipinski definition) is 2. The Bertz CT molecular complexity index is 608. The Morgan fingerprint density at radius 1 is 0.952 bits per heavy atom. The first-order chi connectivity index (χ1) is 10.2. The van der Waals surface area contributed by atoms with Gasteiger partial charge in [-0.25, -0.2) is 0 Å². The number of amides is 1. The molecule has 0 fully saturated rings. The summed E-state index contributed by atoms with van der Waals surface area (Å²) in [6.07, 6.45) is 0.935. The van der Waals surface area contributed by atoms with Crippen LogP contribution in [0.4, 0.5) is 5.69 Å². The van der Waals surface area contributed by atoms with Crippen molar-refractivity contribution in [3.8, 4) is 0 Å². The number of hydrogen-bond donors (Lipinski definition) is 2. The maximum atomic E-state index is 11.9. The fourth-order valence-electron chi connectivity index (χ4n) is 2.22. The second-order valence-electron chi connectivity index (χ2n) is 5.22. The number of aryl methyl sites for hydroxylation is 2. The third-order valence-corrected chi connectivity index (χ3v) is 3.54. The first-order valence-electron chi connectivity index (χ1n) is 7.27. The molecule has 0 saturated heterocycles. The number of para-hydroxylation sites is 1. The van der Waals surface area contributed by atoms with Gasteiger partial charge in [0.25, 0.3) is 0 Å². The lowest BCUT2D eigenvalue weighted by atomic mass is 10.1. The molecule has 2 rings (SSSR count). The molecule has 0 heterocycles. The van der Waals surface area contributed by atoms with Gasteiger partial charge < -0.3 is 10.6 Å². The van der Waals surface area contributed by atoms with Crippen LogP contribution in [0.25, 0.3) is 0 Å². The smallest absolute Gasteiger partial charge is 0.238 e. The van der Waals surface area contributed by atoms with Crippen LogP contribution in [0.15, 0.2) is 48.5 Å². The molecule has 3 heteroatoms. The lowest BCUT2D eigenvalue weighted by Crippen LogP contribution is -2.29. The van der Waals surface area contributed by atoms with E-state index in [0.717, 1.165) is 24.2 Å². The Hall–Kier alpha value is -2.13. The number of rotatable bonds is 6. The third kappa shape index (κ3) is 4.72. The number of carbonyl (C=O) groups is 1. The highest BCUT2D eigenvalue weighted by molar-refractivity contribution is 5.92. The van der Waals surface area contributed by atoms with Gasteiger partial charge in [-0.15, -0.1) is 0 Å². The van der Waals surface area contributed by atoms with E-state index in [-0.39, 0.29) is 5.91 Å². The van der Waals surface area contributed by atoms with Crippen LogP contribution in [-0.4, -0.2) is 19.0 Å². The SMILES string of the molecule is Cc1ccccc1CCNCC(=O)Nc1ccccc1C. The lowest BCUT2D eigenvalue weighted by Gasteiger charge is -2.09. The summed E-state index contributed by atoms with van der Waals surface area (Å²) in [5.74, 6) is -0.00548. The molecule has 0 unspecified atom stereocenters. The highest BCUT2D eigenvalue weighted by atomic mass is 16.1. The standard InChI is InChI=1S/C18H22N2O/c1-14-7-3-5-9-16(14)11-12-19-13-18(21)20-17-10-6-4-8-15(17)2/h3-10,19H,11-13H2,1-2H3,(H,20,21). The van der Waals surface area contributed by atoms with E-state index < -0.39 is 0 Å². The second-order valence-corrected chi connectivity index (χ2v) is 5.22. The van der Waals surface area contributed by atoms with Gasteiger partial charge in [0.15, 0.2) is 0 Å². The largest absolute Gasteiger partial charge is 0.325 e. The Morgan fingerprint density at radius 3 is 2.33 bits per heavy atom. The van der Waals surface area contributed by atoms with Crippen LogP contribution < -0.4 is 10.6 Å². The first kappa shape index (κ1) is 15.3. The highest BCUT2D eigenvalue weighted by Gasteiger charge is 2.04. The van der Waals surface area contributed by atoms with E-state index in [2.05, 4.69) is 29.7 Å². The fraction of sp³-hybridized carbons (Fsp3) is 0.278. The van der Waals surface area contributed by atoms with E-state index >= 15 is 0 Å². The number of anilines is 1. The molecule has 3 nitrogen and oxygen atoms in total. The Kier molecular flexibility index (Phi) is 5.52. The molecular formula is C18H22N2O. The van der Waals surface area contributed by atoms with E-state index in [1.807, 2.05) is 43.3 Å². The van der Waals surface area contributed by atoms with Crippen LogP contribution >= 0.6 is 0 Å². The Labute approximate surface area is 126 Å². The van der Waals surface area contributed by atoms with Gasteiger partial charge in [-0.2, -0.15) is 0 Å². The van der Waals surface area contributed by atoms with Crippen LogP contribution in [0.2, 0.25) is 0 Å². The summed E-state index contributed by atoms with van der Waals surface area (Å²) in [7, 11) is 0. The van der Waals surface area contributed by atoms with Gasteiger partial charge in [-0.1, -0.05) is 42.5 Å². The van der Waals surface area contributed by atoms with Gasteiger partial charge in [0.05, 0.1) is 6.54 Å². The molecule has 0 radical (unpaired) electrons. The maximum absolute atomic E-state index is 11.9. The molecule has 2 aromatic rings. The van der Waals surface area contributed by atoms with Crippen LogP contribution in [0.5, 0.6) is 0 Å². The molecule has 0 spiro atoms. The number of nitrogens with one attached hydrogen (secondary N) is 2. The molecule has 0 bridgehead atoms. The quantitative estimate of drug-likeness (QED) is 0.799. The van der Waals surface area contributed by atoms with E-state index in [9.17, 15) is 4.79 Å². The Morgan fingerprint density at radius 2 is 1.62 bits per heavy atom. The minimum absolute atomic E-state index is 0.00548. The van der Waals surface area contributed by atoms with Crippen molar-refractivity contribution >= 4 is 11.6 Å². The van der Waals surface area contributed by atoms with Crippen LogP contribution in [0.3, 0.4) is 0 Å². The zero-order valence-electron chi connectivity index (χ0n) is 12.6. The summed E-state index contributed by atoms with van der Waals surface area (Å²) >= 11 is 0. The van der Waals surface area contributed by atoms with Crippen LogP contribution in [-0.2, 0) is 11.2 Å². The van der Waals surface area contributed by atoms with Gasteiger partial charge in [0.2, 0.25) is 5.91 Å². The fourth-order valence-corrected chi connectivity index (χ4v) is 2.22. The topological polar surface area (TPSA) is 41.1 Å². The summed E-state index contributed by atoms with van der Waals surface area (Å²) in [5.41, 5.74) is 4.57. The minimum atomic E-state index is -0.00548. The molecule has 110 valence electrons. The van der Waals surface area contributed by atoms with Gasteiger partial charge >= 0.3 is 0 Å². The molecule has 0 saturated carbocycles. The number of benzene rings is 2. The van der Waals surface area contributed by atoms with Gasteiger partial charge in [0.1, 0.15) is 0 Å². The molecule has 1 amide bonds. The maximum Gasteiger partial charge on any atom is 0.238 e. The van der Waals surface area contributed by atoms with E-state index in [4.69, 9.17) is 0 Å². The Balaban J connectivity index is 1.73. The molecule has 0 aliphatic carbocycles. The predicted octanol–water partition coefficient (Wildman–Crippen LogP) is 3.07. The molecule has 0 aromatic heterocycles. The van der Waals surface area contributed by atoms with E-state index in [1.54, 1.807) is 0 Å². The van der Waals surface area contributed by atoms with Gasteiger partial charge in [-0.05, 0) is 49.6 Å². The molecule has 0 atom stereocenters. The summed E-state index contributed by atoms with van der Waals surface area (Å²) < 4.78 is 0. The van der Waals surface area contributed by atoms with E-state index in [1.165, 1.54) is 11.1 Å². The zero-order chi connectivity index (χ0) is 15.1. The van der Waals surface area contributed by atoms with Gasteiger partial charge in [0, 0.05) is 5.69 Å². The first-order valence-corrected chi connectivity index (χ1v) is 7.27. The predicted molar refractivity (Wildman–Crippen MR) is 87.6 cm³/mol. The molecule has 2 N–H and O–H groups in total. The average Bonchev–Trinajstić information content (AvgIpc) is 2.48. The van der Waals surface area contributed by atoms with Crippen molar-refractivity contribution in [2.24, 2.45) is 0 Å². The van der Waals surface area contributed by atoms with Crippen molar-refractivity contribution in [2.45, 2.75) is 20.3 Å². The van der Waals surface area contributed by atoms with Crippen molar-refractivity contribution < 1.29 is 4.79 Å². The lowest BCUT2D eigenvalue weighted by molar-refractivity contribution is -0.115. The van der Waals surface area contributed by atoms with Crippen molar-refractivity contribution in [3.63, 3.8) is 0 Å². The normalized spacial score (nSPS) is 10.4. The average molecular weight is 282 g/mol. The van der Waals surface area contributed by atoms with Crippen LogP contribution in [0.1, 0.15) is 16.7 Å². The molecule has 0 aliphatic heterocycles. The molecule has 0 aliphatic rings.